The highest BCUT2D eigenvalue weighted by Crippen LogP contribution is 2.30. The number of nitrogens with zero attached hydrogens (tertiary/aromatic N) is 6. The van der Waals surface area contributed by atoms with Crippen LogP contribution in [0.25, 0.3) is 10.9 Å². The van der Waals surface area contributed by atoms with E-state index < -0.39 is 17.6 Å². The van der Waals surface area contributed by atoms with E-state index in [0.29, 0.717) is 30.2 Å². The second-order valence-corrected chi connectivity index (χ2v) is 11.1. The van der Waals surface area contributed by atoms with Crippen LogP contribution in [0.2, 0.25) is 0 Å². The predicted octanol–water partition coefficient (Wildman–Crippen LogP) is 6.01. The molecule has 5 aromatic rings. The van der Waals surface area contributed by atoms with Gasteiger partial charge in [0.25, 0.3) is 11.8 Å². The van der Waals surface area contributed by atoms with Gasteiger partial charge in [0.05, 0.1) is 23.1 Å². The van der Waals surface area contributed by atoms with Crippen LogP contribution in [-0.4, -0.2) is 69.4 Å². The van der Waals surface area contributed by atoms with Crippen molar-refractivity contribution >= 4 is 28.4 Å². The first-order chi connectivity index (χ1) is 22.1. The predicted molar refractivity (Wildman–Crippen MR) is 167 cm³/mol. The highest BCUT2D eigenvalue weighted by molar-refractivity contribution is 6.05. The number of carbonyl (C=O) groups excluding carboxylic acids is 2. The second-order valence-electron chi connectivity index (χ2n) is 11.1. The third kappa shape index (κ3) is 6.57. The maximum atomic E-state index is 13.5. The Kier molecular flexibility index (Phi) is 8.46. The molecule has 0 bridgehead atoms. The molecule has 1 saturated heterocycles. The van der Waals surface area contributed by atoms with E-state index in [4.69, 9.17) is 4.74 Å². The summed E-state index contributed by atoms with van der Waals surface area (Å²) in [4.78, 5) is 40.5. The number of fused-ring (bicyclic) bond motifs is 1. The standard InChI is InChI=1S/C34H31F3N6O3/c1-40(32(44)23-6-8-25(9-7-23)34(35,36)37)27-10-13-31(39-21-27)46-28-11-12-29-24(19-28)20-30(41(29)2)33(45)43-17-15-42(16-18-43)22-26-5-3-4-14-38-26/h3-14,19-21H,15-18,22H2,1-2H3. The van der Waals surface area contributed by atoms with Gasteiger partial charge in [-0.25, -0.2) is 4.98 Å². The molecule has 0 atom stereocenters. The van der Waals surface area contributed by atoms with Gasteiger partial charge in [0.2, 0.25) is 5.88 Å². The minimum atomic E-state index is -4.48. The van der Waals surface area contributed by atoms with Crippen LogP contribution >= 0.6 is 0 Å². The van der Waals surface area contributed by atoms with Gasteiger partial charge in [-0.1, -0.05) is 6.07 Å². The number of amides is 2. The van der Waals surface area contributed by atoms with Crippen molar-refractivity contribution in [2.75, 3.05) is 38.1 Å². The van der Waals surface area contributed by atoms with Gasteiger partial charge in [0, 0.05) is 75.5 Å². The summed E-state index contributed by atoms with van der Waals surface area (Å²) in [5.41, 5.74) is 2.23. The Morgan fingerprint density at radius 3 is 2.33 bits per heavy atom. The molecule has 0 saturated carbocycles. The van der Waals surface area contributed by atoms with Crippen molar-refractivity contribution in [1.82, 2.24) is 24.3 Å². The third-order valence-corrected chi connectivity index (χ3v) is 8.10. The molecule has 3 aromatic heterocycles. The lowest BCUT2D eigenvalue weighted by Gasteiger charge is -2.34. The number of aromatic nitrogens is 3. The number of rotatable bonds is 7. The highest BCUT2D eigenvalue weighted by Gasteiger charge is 2.30. The van der Waals surface area contributed by atoms with E-state index in [2.05, 4.69) is 14.9 Å². The van der Waals surface area contributed by atoms with E-state index in [9.17, 15) is 22.8 Å². The van der Waals surface area contributed by atoms with Gasteiger partial charge in [-0.05, 0) is 66.7 Å². The molecule has 9 nitrogen and oxygen atoms in total. The lowest BCUT2D eigenvalue weighted by atomic mass is 10.1. The molecule has 0 unspecified atom stereocenters. The van der Waals surface area contributed by atoms with Crippen molar-refractivity contribution in [2.24, 2.45) is 7.05 Å². The fourth-order valence-electron chi connectivity index (χ4n) is 5.45. The monoisotopic (exact) mass is 628 g/mol. The molecule has 0 N–H and O–H groups in total. The number of aryl methyl sites for hydroxylation is 1. The number of carbonyl (C=O) groups is 2. The van der Waals surface area contributed by atoms with E-state index in [1.807, 2.05) is 52.9 Å². The molecule has 12 heteroatoms. The largest absolute Gasteiger partial charge is 0.439 e. The highest BCUT2D eigenvalue weighted by atomic mass is 19.4. The summed E-state index contributed by atoms with van der Waals surface area (Å²) in [7, 11) is 3.39. The van der Waals surface area contributed by atoms with Gasteiger partial charge in [0.15, 0.2) is 0 Å². The molecule has 1 aliphatic heterocycles. The van der Waals surface area contributed by atoms with E-state index in [0.717, 1.165) is 60.5 Å². The van der Waals surface area contributed by atoms with Crippen molar-refractivity contribution in [3.8, 4) is 11.6 Å². The van der Waals surface area contributed by atoms with Crippen LogP contribution in [0.1, 0.15) is 32.1 Å². The van der Waals surface area contributed by atoms with Crippen LogP contribution in [0.15, 0.2) is 91.3 Å². The molecule has 236 valence electrons. The Bertz CT molecular complexity index is 1850. The van der Waals surface area contributed by atoms with Crippen LogP contribution in [-0.2, 0) is 19.8 Å². The zero-order valence-corrected chi connectivity index (χ0v) is 25.2. The van der Waals surface area contributed by atoms with E-state index in [1.54, 1.807) is 24.4 Å². The minimum absolute atomic E-state index is 0.0223. The molecule has 2 aromatic carbocycles. The summed E-state index contributed by atoms with van der Waals surface area (Å²) in [6, 6.07) is 20.6. The number of halogens is 3. The van der Waals surface area contributed by atoms with E-state index >= 15 is 0 Å². The van der Waals surface area contributed by atoms with Crippen LogP contribution in [0, 0.1) is 0 Å². The van der Waals surface area contributed by atoms with Crippen molar-refractivity contribution < 1.29 is 27.5 Å². The quantitative estimate of drug-likeness (QED) is 0.220. The zero-order valence-electron chi connectivity index (χ0n) is 25.2. The average molecular weight is 629 g/mol. The van der Waals surface area contributed by atoms with Gasteiger partial charge < -0.3 is 19.1 Å². The molecule has 2 amide bonds. The van der Waals surface area contributed by atoms with Crippen molar-refractivity contribution in [2.45, 2.75) is 12.7 Å². The Morgan fingerprint density at radius 2 is 1.67 bits per heavy atom. The SMILES string of the molecule is CN(C(=O)c1ccc(C(F)(F)F)cc1)c1ccc(Oc2ccc3c(c2)cc(C(=O)N2CCN(Cc4ccccn4)CC2)n3C)nc1. The van der Waals surface area contributed by atoms with Crippen LogP contribution in [0.5, 0.6) is 11.6 Å². The van der Waals surface area contributed by atoms with Gasteiger partial charge >= 0.3 is 6.18 Å². The maximum absolute atomic E-state index is 13.5. The molecule has 0 aliphatic carbocycles. The van der Waals surface area contributed by atoms with Crippen molar-refractivity contribution in [3.63, 3.8) is 0 Å². The van der Waals surface area contributed by atoms with Crippen molar-refractivity contribution in [1.29, 1.82) is 0 Å². The summed E-state index contributed by atoms with van der Waals surface area (Å²) < 4.78 is 46.4. The molecular formula is C34H31F3N6O3. The fourth-order valence-corrected chi connectivity index (χ4v) is 5.45. The van der Waals surface area contributed by atoms with Crippen LogP contribution in [0.3, 0.4) is 0 Å². The van der Waals surface area contributed by atoms with Gasteiger partial charge in [0.1, 0.15) is 11.4 Å². The van der Waals surface area contributed by atoms with Gasteiger partial charge in [-0.2, -0.15) is 13.2 Å². The first-order valence-electron chi connectivity index (χ1n) is 14.7. The average Bonchev–Trinajstić information content (AvgIpc) is 3.39. The number of alkyl halides is 3. The van der Waals surface area contributed by atoms with Crippen LogP contribution in [0.4, 0.5) is 18.9 Å². The Balaban J connectivity index is 1.08. The minimum Gasteiger partial charge on any atom is -0.439 e. The Labute approximate surface area is 263 Å². The topological polar surface area (TPSA) is 83.8 Å². The zero-order chi connectivity index (χ0) is 32.4. The first-order valence-corrected chi connectivity index (χ1v) is 14.7. The third-order valence-electron chi connectivity index (χ3n) is 8.10. The van der Waals surface area contributed by atoms with Crippen LogP contribution < -0.4 is 9.64 Å². The molecule has 1 fully saturated rings. The number of hydrogen-bond donors (Lipinski definition) is 0. The summed E-state index contributed by atoms with van der Waals surface area (Å²) in [5, 5.41) is 0.843. The molecule has 0 radical (unpaired) electrons. The number of hydrogen-bond acceptors (Lipinski definition) is 6. The molecular weight excluding hydrogens is 597 g/mol. The fraction of sp³-hybridized carbons (Fsp3) is 0.235. The van der Waals surface area contributed by atoms with Gasteiger partial charge in [-0.3, -0.25) is 19.5 Å². The Hall–Kier alpha value is -5.23. The molecule has 1 aliphatic rings. The molecule has 6 rings (SSSR count). The summed E-state index contributed by atoms with van der Waals surface area (Å²) >= 11 is 0. The maximum Gasteiger partial charge on any atom is 0.416 e. The number of anilines is 1. The number of piperazine rings is 1. The Morgan fingerprint density at radius 1 is 0.913 bits per heavy atom. The molecule has 4 heterocycles. The summed E-state index contributed by atoms with van der Waals surface area (Å²) in [6.45, 7) is 3.57. The molecule has 0 spiro atoms. The second kappa shape index (κ2) is 12.6. The summed E-state index contributed by atoms with van der Waals surface area (Å²) in [5.74, 6) is 0.310. The smallest absolute Gasteiger partial charge is 0.416 e. The van der Waals surface area contributed by atoms with E-state index in [-0.39, 0.29) is 17.4 Å². The lowest BCUT2D eigenvalue weighted by Crippen LogP contribution is -2.48. The van der Waals surface area contributed by atoms with E-state index in [1.165, 1.54) is 18.1 Å². The lowest BCUT2D eigenvalue weighted by molar-refractivity contribution is -0.137. The van der Waals surface area contributed by atoms with Crippen molar-refractivity contribution in [3.05, 3.63) is 114 Å². The number of pyridine rings is 2. The number of ether oxygens (including phenoxy) is 1. The molecule has 46 heavy (non-hydrogen) atoms. The number of benzene rings is 2. The summed E-state index contributed by atoms with van der Waals surface area (Å²) in [6.07, 6.45) is -1.24. The van der Waals surface area contributed by atoms with Gasteiger partial charge in [-0.15, -0.1) is 0 Å². The normalized spacial score (nSPS) is 14.0. The first kappa shape index (κ1) is 30.8.